The molecule has 0 bridgehead atoms. The molecule has 144 valence electrons. The van der Waals surface area contributed by atoms with E-state index in [1.807, 2.05) is 0 Å². The Hall–Kier alpha value is -0.810. The van der Waals surface area contributed by atoms with Crippen LogP contribution in [0.15, 0.2) is 0 Å². The minimum atomic E-state index is -2.58. The van der Waals surface area contributed by atoms with Gasteiger partial charge in [0.15, 0.2) is 11.6 Å². The standard InChI is InChI=1S/C16H26O9/c1-6-20-13(18)16(19)12(17)11-10(23-15(4,5)24-11)9(25-16)8-7-21-14(2,3)22-8/h8-12,17,19H,6-7H2,1-5H3/t8-,9-,10+,11+,12+,16?/m1/s1. The molecule has 6 atom stereocenters. The zero-order valence-corrected chi connectivity index (χ0v) is 15.1. The van der Waals surface area contributed by atoms with Crippen LogP contribution in [0.1, 0.15) is 34.6 Å². The van der Waals surface area contributed by atoms with E-state index in [4.69, 9.17) is 28.4 Å². The average Bonchev–Trinajstić information content (AvgIpc) is 3.02. The molecule has 0 aromatic rings. The molecule has 0 spiro atoms. The van der Waals surface area contributed by atoms with Gasteiger partial charge in [-0.1, -0.05) is 0 Å². The molecule has 9 heteroatoms. The number of ether oxygens (including phenoxy) is 6. The Bertz CT molecular complexity index is 534. The zero-order valence-electron chi connectivity index (χ0n) is 15.1. The van der Waals surface area contributed by atoms with E-state index in [0.29, 0.717) is 0 Å². The SMILES string of the molecule is CCOC(=O)C1(O)O[C@H]([C@H]2COC(C)(C)O2)[C@@H]2OC(C)(C)O[C@@H]2[C@@H]1O. The normalized spacial score (nSPS) is 45.2. The van der Waals surface area contributed by atoms with Crippen LogP contribution in [0.25, 0.3) is 0 Å². The topological polar surface area (TPSA) is 113 Å². The fourth-order valence-corrected chi connectivity index (χ4v) is 3.45. The van der Waals surface area contributed by atoms with Gasteiger partial charge in [-0.3, -0.25) is 0 Å². The first-order valence-electron chi connectivity index (χ1n) is 8.42. The third-order valence-corrected chi connectivity index (χ3v) is 4.48. The number of fused-ring (bicyclic) bond motifs is 1. The van der Waals surface area contributed by atoms with Gasteiger partial charge in [0.25, 0.3) is 5.79 Å². The van der Waals surface area contributed by atoms with Crippen LogP contribution in [0.3, 0.4) is 0 Å². The molecule has 25 heavy (non-hydrogen) atoms. The number of esters is 1. The van der Waals surface area contributed by atoms with Crippen molar-refractivity contribution >= 4 is 5.97 Å². The Morgan fingerprint density at radius 3 is 2.24 bits per heavy atom. The lowest BCUT2D eigenvalue weighted by atomic mass is 9.90. The van der Waals surface area contributed by atoms with Gasteiger partial charge in [-0.25, -0.2) is 4.79 Å². The second-order valence-electron chi connectivity index (χ2n) is 7.38. The van der Waals surface area contributed by atoms with Crippen molar-refractivity contribution < 1.29 is 43.4 Å². The molecule has 0 saturated carbocycles. The van der Waals surface area contributed by atoms with Crippen LogP contribution in [0.2, 0.25) is 0 Å². The van der Waals surface area contributed by atoms with Crippen molar-refractivity contribution in [3.63, 3.8) is 0 Å². The molecule has 2 N–H and O–H groups in total. The van der Waals surface area contributed by atoms with Crippen molar-refractivity contribution in [1.29, 1.82) is 0 Å². The highest BCUT2D eigenvalue weighted by Gasteiger charge is 2.66. The fourth-order valence-electron chi connectivity index (χ4n) is 3.45. The summed E-state index contributed by atoms with van der Waals surface area (Å²) in [4.78, 5) is 12.2. The van der Waals surface area contributed by atoms with Gasteiger partial charge in [-0.05, 0) is 34.6 Å². The third kappa shape index (κ3) is 3.30. The van der Waals surface area contributed by atoms with Crippen molar-refractivity contribution in [3.05, 3.63) is 0 Å². The summed E-state index contributed by atoms with van der Waals surface area (Å²) in [7, 11) is 0. The van der Waals surface area contributed by atoms with Gasteiger partial charge in [-0.15, -0.1) is 0 Å². The molecule has 1 unspecified atom stereocenters. The number of hydrogen-bond donors (Lipinski definition) is 2. The summed E-state index contributed by atoms with van der Waals surface area (Å²) in [6.45, 7) is 8.63. The molecule has 3 saturated heterocycles. The van der Waals surface area contributed by atoms with Gasteiger partial charge < -0.3 is 38.6 Å². The van der Waals surface area contributed by atoms with Crippen LogP contribution in [0, 0.1) is 0 Å². The van der Waals surface area contributed by atoms with Crippen LogP contribution in [-0.2, 0) is 33.2 Å². The van der Waals surface area contributed by atoms with Crippen molar-refractivity contribution in [1.82, 2.24) is 0 Å². The first-order chi connectivity index (χ1) is 11.5. The Labute approximate surface area is 146 Å². The van der Waals surface area contributed by atoms with E-state index in [1.54, 1.807) is 34.6 Å². The molecule has 3 aliphatic rings. The van der Waals surface area contributed by atoms with Crippen LogP contribution >= 0.6 is 0 Å². The number of aliphatic hydroxyl groups is 2. The molecular formula is C16H26O9. The minimum Gasteiger partial charge on any atom is -0.462 e. The van der Waals surface area contributed by atoms with Gasteiger partial charge >= 0.3 is 5.97 Å². The van der Waals surface area contributed by atoms with Gasteiger partial charge in [0.1, 0.15) is 30.5 Å². The molecule has 3 heterocycles. The monoisotopic (exact) mass is 362 g/mol. The molecule has 0 aliphatic carbocycles. The number of rotatable bonds is 3. The van der Waals surface area contributed by atoms with Crippen molar-refractivity contribution in [2.24, 2.45) is 0 Å². The first-order valence-corrected chi connectivity index (χ1v) is 8.42. The van der Waals surface area contributed by atoms with Gasteiger partial charge in [0, 0.05) is 0 Å². The first kappa shape index (κ1) is 19.0. The largest absolute Gasteiger partial charge is 0.462 e. The van der Waals surface area contributed by atoms with E-state index >= 15 is 0 Å². The van der Waals surface area contributed by atoms with Crippen LogP contribution in [0.5, 0.6) is 0 Å². The minimum absolute atomic E-state index is 0.0227. The summed E-state index contributed by atoms with van der Waals surface area (Å²) < 4.78 is 33.4. The lowest BCUT2D eigenvalue weighted by Gasteiger charge is -2.44. The van der Waals surface area contributed by atoms with Crippen LogP contribution < -0.4 is 0 Å². The Morgan fingerprint density at radius 2 is 1.68 bits per heavy atom. The molecule has 9 nitrogen and oxygen atoms in total. The van der Waals surface area contributed by atoms with Gasteiger partial charge in [0.2, 0.25) is 0 Å². The smallest absolute Gasteiger partial charge is 0.369 e. The number of aliphatic hydroxyl groups excluding tert-OH is 1. The fraction of sp³-hybridized carbons (Fsp3) is 0.938. The molecule has 0 aromatic carbocycles. The summed E-state index contributed by atoms with van der Waals surface area (Å²) in [6.07, 6.45) is -4.93. The highest BCUT2D eigenvalue weighted by molar-refractivity contribution is 5.78. The summed E-state index contributed by atoms with van der Waals surface area (Å²) in [5.74, 6) is -5.53. The molecule has 3 aliphatic heterocycles. The van der Waals surface area contributed by atoms with E-state index in [-0.39, 0.29) is 13.2 Å². The van der Waals surface area contributed by atoms with Crippen LogP contribution in [0.4, 0.5) is 0 Å². The van der Waals surface area contributed by atoms with Crippen molar-refractivity contribution in [2.75, 3.05) is 13.2 Å². The second-order valence-corrected chi connectivity index (χ2v) is 7.38. The second kappa shape index (κ2) is 6.12. The maximum absolute atomic E-state index is 12.2. The molecular weight excluding hydrogens is 336 g/mol. The summed E-state index contributed by atoms with van der Waals surface area (Å²) >= 11 is 0. The van der Waals surface area contributed by atoms with E-state index < -0.39 is 53.9 Å². The predicted molar refractivity (Wildman–Crippen MR) is 81.2 cm³/mol. The Balaban J connectivity index is 1.92. The lowest BCUT2D eigenvalue weighted by molar-refractivity contribution is -0.334. The maximum atomic E-state index is 12.2. The van der Waals surface area contributed by atoms with Gasteiger partial charge in [-0.2, -0.15) is 0 Å². The molecule has 0 aromatic heterocycles. The third-order valence-electron chi connectivity index (χ3n) is 4.48. The Kier molecular flexibility index (Phi) is 4.64. The molecule has 3 rings (SSSR count). The van der Waals surface area contributed by atoms with E-state index in [1.165, 1.54) is 0 Å². The molecule has 0 amide bonds. The maximum Gasteiger partial charge on any atom is 0.369 e. The molecule has 0 radical (unpaired) electrons. The van der Waals surface area contributed by atoms with Crippen LogP contribution in [-0.4, -0.2) is 77.3 Å². The summed E-state index contributed by atoms with van der Waals surface area (Å²) in [5.41, 5.74) is 0. The number of hydrogen-bond acceptors (Lipinski definition) is 9. The summed E-state index contributed by atoms with van der Waals surface area (Å²) in [5, 5.41) is 21.3. The van der Waals surface area contributed by atoms with Crippen molar-refractivity contribution in [2.45, 2.75) is 82.5 Å². The van der Waals surface area contributed by atoms with E-state index in [9.17, 15) is 15.0 Å². The highest BCUT2D eigenvalue weighted by atomic mass is 16.8. The van der Waals surface area contributed by atoms with E-state index in [0.717, 1.165) is 0 Å². The number of carbonyl (C=O) groups is 1. The zero-order chi connectivity index (χ0) is 18.6. The highest BCUT2D eigenvalue weighted by Crippen LogP contribution is 2.43. The van der Waals surface area contributed by atoms with Gasteiger partial charge in [0.05, 0.1) is 13.2 Å². The predicted octanol–water partition coefficient (Wildman–Crippen LogP) is -0.331. The Morgan fingerprint density at radius 1 is 1.04 bits per heavy atom. The lowest BCUT2D eigenvalue weighted by Crippen LogP contribution is -2.69. The summed E-state index contributed by atoms with van der Waals surface area (Å²) in [6, 6.07) is 0. The molecule has 3 fully saturated rings. The van der Waals surface area contributed by atoms with E-state index in [2.05, 4.69) is 0 Å². The number of carbonyl (C=O) groups excluding carboxylic acids is 1. The quantitative estimate of drug-likeness (QED) is 0.652. The van der Waals surface area contributed by atoms with Crippen molar-refractivity contribution in [3.8, 4) is 0 Å². The average molecular weight is 362 g/mol.